The number of rotatable bonds is 2. The molecule has 0 saturated carbocycles. The van der Waals surface area contributed by atoms with Crippen molar-refractivity contribution in [3.05, 3.63) is 10.7 Å². The summed E-state index contributed by atoms with van der Waals surface area (Å²) in [5, 5.41) is 8.76. The largest absolute Gasteiger partial charge is 0.486 e. The molecule has 1 heterocycles. The van der Waals surface area contributed by atoms with Crippen LogP contribution in [0, 0.1) is 0 Å². The number of nitrogens with zero attached hydrogens (tertiary/aromatic N) is 1. The van der Waals surface area contributed by atoms with Crippen molar-refractivity contribution in [3.8, 4) is 5.06 Å². The van der Waals surface area contributed by atoms with E-state index in [0.29, 0.717) is 0 Å². The van der Waals surface area contributed by atoms with E-state index in [1.807, 2.05) is 0 Å². The normalized spacial score (nSPS) is 9.64. The Labute approximate surface area is 71.5 Å². The number of aromatic nitrogens is 1. The highest BCUT2D eigenvalue weighted by molar-refractivity contribution is 7.08. The van der Waals surface area contributed by atoms with Crippen LogP contribution in [0.1, 0.15) is 10.4 Å². The number of carboxylic acids is 1. The predicted molar refractivity (Wildman–Crippen MR) is 40.6 cm³/mol. The topological polar surface area (TPSA) is 59.4 Å². The van der Waals surface area contributed by atoms with Crippen LogP contribution in [0.15, 0.2) is 0 Å². The molecule has 60 valence electrons. The fraction of sp³-hybridized carbons (Fsp3) is 0.200. The third-order valence-electron chi connectivity index (χ3n) is 1.02. The lowest BCUT2D eigenvalue weighted by atomic mass is 10.4. The Kier molecular flexibility index (Phi) is 2.31. The van der Waals surface area contributed by atoms with Gasteiger partial charge in [0.25, 0.3) is 0 Å². The Morgan fingerprint density at radius 1 is 1.82 bits per heavy atom. The minimum atomic E-state index is -1.12. The molecule has 11 heavy (non-hydrogen) atoms. The van der Waals surface area contributed by atoms with Crippen molar-refractivity contribution in [3.63, 3.8) is 0 Å². The van der Waals surface area contributed by atoms with E-state index in [1.54, 1.807) is 0 Å². The van der Waals surface area contributed by atoms with Gasteiger partial charge in [-0.25, -0.2) is 4.79 Å². The molecule has 0 unspecified atom stereocenters. The molecule has 0 aliphatic carbocycles. The first-order valence-corrected chi connectivity index (χ1v) is 3.74. The van der Waals surface area contributed by atoms with Crippen LogP contribution in [0.25, 0.3) is 0 Å². The molecule has 1 rings (SSSR count). The van der Waals surface area contributed by atoms with Crippen LogP contribution in [-0.4, -0.2) is 22.6 Å². The summed E-state index contributed by atoms with van der Waals surface area (Å²) in [5.74, 6) is -1.12. The van der Waals surface area contributed by atoms with Crippen LogP contribution in [-0.2, 0) is 0 Å². The summed E-state index contributed by atoms with van der Waals surface area (Å²) in [6.07, 6.45) is 0. The molecule has 0 bridgehead atoms. The van der Waals surface area contributed by atoms with Crippen molar-refractivity contribution in [2.75, 3.05) is 7.11 Å². The number of carbonyl (C=O) groups is 1. The van der Waals surface area contributed by atoms with E-state index in [9.17, 15) is 4.79 Å². The van der Waals surface area contributed by atoms with Gasteiger partial charge in [-0.2, -0.15) is 4.37 Å². The van der Waals surface area contributed by atoms with Crippen LogP contribution >= 0.6 is 23.1 Å². The molecule has 0 spiro atoms. The number of methoxy groups -OCH3 is 1. The first kappa shape index (κ1) is 8.29. The fourth-order valence-electron chi connectivity index (χ4n) is 0.572. The van der Waals surface area contributed by atoms with Gasteiger partial charge in [-0.15, -0.1) is 0 Å². The van der Waals surface area contributed by atoms with E-state index in [-0.39, 0.29) is 15.8 Å². The van der Waals surface area contributed by atoms with Gasteiger partial charge >= 0.3 is 5.97 Å². The smallest absolute Gasteiger partial charge is 0.343 e. The second kappa shape index (κ2) is 3.06. The van der Waals surface area contributed by atoms with E-state index in [0.717, 1.165) is 11.5 Å². The maximum Gasteiger partial charge on any atom is 0.343 e. The van der Waals surface area contributed by atoms with Crippen molar-refractivity contribution < 1.29 is 14.6 Å². The van der Waals surface area contributed by atoms with Crippen LogP contribution in [0.3, 0.4) is 0 Å². The van der Waals surface area contributed by atoms with Crippen molar-refractivity contribution in [2.24, 2.45) is 0 Å². The Hall–Kier alpha value is -0.810. The van der Waals surface area contributed by atoms with Gasteiger partial charge in [0.05, 0.1) is 7.11 Å². The summed E-state index contributed by atoms with van der Waals surface area (Å²) in [5.41, 5.74) is -0.0702. The Bertz CT molecular complexity index is 285. The number of halogens is 1. The lowest BCUT2D eigenvalue weighted by molar-refractivity contribution is 0.0694. The quantitative estimate of drug-likeness (QED) is 0.774. The molecule has 6 heteroatoms. The fourth-order valence-corrected chi connectivity index (χ4v) is 1.50. The van der Waals surface area contributed by atoms with Crippen LogP contribution in [0.5, 0.6) is 5.06 Å². The maximum atomic E-state index is 10.5. The zero-order valence-electron chi connectivity index (χ0n) is 5.50. The monoisotopic (exact) mass is 193 g/mol. The Morgan fingerprint density at radius 3 is 2.82 bits per heavy atom. The summed E-state index contributed by atoms with van der Waals surface area (Å²) in [4.78, 5) is 10.5. The predicted octanol–water partition coefficient (Wildman–Crippen LogP) is 1.50. The number of carboxylic acid groups (broad SMARTS) is 1. The second-order valence-electron chi connectivity index (χ2n) is 1.65. The van der Waals surface area contributed by atoms with Crippen molar-refractivity contribution in [1.82, 2.24) is 4.37 Å². The zero-order chi connectivity index (χ0) is 8.43. The summed E-state index contributed by atoms with van der Waals surface area (Å²) in [6.45, 7) is 0. The summed E-state index contributed by atoms with van der Waals surface area (Å²) in [6, 6.07) is 0. The van der Waals surface area contributed by atoms with E-state index in [1.165, 1.54) is 7.11 Å². The molecule has 0 aliphatic rings. The van der Waals surface area contributed by atoms with Gasteiger partial charge in [-0.3, -0.25) is 0 Å². The highest BCUT2D eigenvalue weighted by Crippen LogP contribution is 2.29. The van der Waals surface area contributed by atoms with E-state index < -0.39 is 5.97 Å². The highest BCUT2D eigenvalue weighted by Gasteiger charge is 2.19. The van der Waals surface area contributed by atoms with Gasteiger partial charge in [-0.05, 0) is 0 Å². The van der Waals surface area contributed by atoms with Gasteiger partial charge in [0.2, 0.25) is 5.06 Å². The van der Waals surface area contributed by atoms with Crippen molar-refractivity contribution >= 4 is 29.1 Å². The first-order chi connectivity index (χ1) is 5.16. The molecule has 0 atom stereocenters. The Balaban J connectivity index is 3.17. The van der Waals surface area contributed by atoms with Crippen LogP contribution < -0.4 is 4.74 Å². The van der Waals surface area contributed by atoms with E-state index >= 15 is 0 Å². The van der Waals surface area contributed by atoms with Gasteiger partial charge in [0.1, 0.15) is 0 Å². The molecular weight excluding hydrogens is 190 g/mol. The molecule has 0 saturated heterocycles. The molecule has 0 fully saturated rings. The number of aromatic carboxylic acids is 1. The third-order valence-corrected chi connectivity index (χ3v) is 2.20. The van der Waals surface area contributed by atoms with Gasteiger partial charge < -0.3 is 9.84 Å². The van der Waals surface area contributed by atoms with Gasteiger partial charge in [0.15, 0.2) is 10.7 Å². The van der Waals surface area contributed by atoms with Crippen LogP contribution in [0.4, 0.5) is 0 Å². The molecular formula is C5H4ClNO3S. The standard InChI is InChI=1S/C5H4ClNO3S/c1-10-5-2(4(8)9)3(6)7-11-5/h1H3,(H,8,9). The average Bonchev–Trinajstić information content (AvgIpc) is 2.30. The lowest BCUT2D eigenvalue weighted by Crippen LogP contribution is -1.97. The van der Waals surface area contributed by atoms with Gasteiger partial charge in [-0.1, -0.05) is 11.6 Å². The molecule has 1 aromatic rings. The molecule has 0 aromatic carbocycles. The SMILES string of the molecule is COc1snc(Cl)c1C(=O)O. The maximum absolute atomic E-state index is 10.5. The molecule has 0 radical (unpaired) electrons. The zero-order valence-corrected chi connectivity index (χ0v) is 7.07. The number of ether oxygens (including phenoxy) is 1. The molecule has 0 aliphatic heterocycles. The number of hydrogen-bond acceptors (Lipinski definition) is 4. The highest BCUT2D eigenvalue weighted by atomic mass is 35.5. The van der Waals surface area contributed by atoms with Crippen molar-refractivity contribution in [1.29, 1.82) is 0 Å². The molecule has 0 amide bonds. The molecule has 4 nitrogen and oxygen atoms in total. The first-order valence-electron chi connectivity index (χ1n) is 2.59. The third kappa shape index (κ3) is 1.44. The summed E-state index contributed by atoms with van der Waals surface area (Å²) in [7, 11) is 1.37. The molecule has 1 aromatic heterocycles. The van der Waals surface area contributed by atoms with Crippen molar-refractivity contribution in [2.45, 2.75) is 0 Å². The number of hydrogen-bond donors (Lipinski definition) is 1. The average molecular weight is 194 g/mol. The minimum Gasteiger partial charge on any atom is -0.486 e. The van der Waals surface area contributed by atoms with Crippen LogP contribution in [0.2, 0.25) is 5.15 Å². The molecule has 1 N–H and O–H groups in total. The Morgan fingerprint density at radius 2 is 2.45 bits per heavy atom. The minimum absolute atomic E-state index is 0.0284. The summed E-state index contributed by atoms with van der Waals surface area (Å²) < 4.78 is 8.33. The van der Waals surface area contributed by atoms with Gasteiger partial charge in [0, 0.05) is 11.5 Å². The van der Waals surface area contributed by atoms with E-state index in [2.05, 4.69) is 4.37 Å². The second-order valence-corrected chi connectivity index (χ2v) is 2.74. The summed E-state index contributed by atoms with van der Waals surface area (Å²) >= 11 is 6.38. The van der Waals surface area contributed by atoms with E-state index in [4.69, 9.17) is 21.4 Å². The lowest BCUT2D eigenvalue weighted by Gasteiger charge is -1.93.